The summed E-state index contributed by atoms with van der Waals surface area (Å²) in [5.74, 6) is 0.635. The molecule has 2 fully saturated rings. The van der Waals surface area contributed by atoms with E-state index in [2.05, 4.69) is 12.2 Å². The molecule has 1 atom stereocenters. The van der Waals surface area contributed by atoms with Gasteiger partial charge in [-0.1, -0.05) is 6.92 Å². The van der Waals surface area contributed by atoms with Gasteiger partial charge in [0.15, 0.2) is 0 Å². The Morgan fingerprint density at radius 2 is 1.94 bits per heavy atom. The highest BCUT2D eigenvalue weighted by Crippen LogP contribution is 2.37. The van der Waals surface area contributed by atoms with Crippen LogP contribution in [0.4, 0.5) is 0 Å². The molecule has 0 spiro atoms. The van der Waals surface area contributed by atoms with Crippen LogP contribution in [0, 0.1) is 5.92 Å². The van der Waals surface area contributed by atoms with Gasteiger partial charge in [0.2, 0.25) is 10.0 Å². The summed E-state index contributed by atoms with van der Waals surface area (Å²) in [6, 6.07) is 0.309. The van der Waals surface area contributed by atoms with Gasteiger partial charge in [-0.15, -0.1) is 0 Å². The average molecular weight is 274 g/mol. The van der Waals surface area contributed by atoms with Crippen molar-refractivity contribution in [3.63, 3.8) is 0 Å². The van der Waals surface area contributed by atoms with Crippen molar-refractivity contribution in [1.82, 2.24) is 9.62 Å². The van der Waals surface area contributed by atoms with E-state index in [1.54, 1.807) is 0 Å². The Hall–Kier alpha value is -0.130. The fourth-order valence-corrected chi connectivity index (χ4v) is 4.03. The van der Waals surface area contributed by atoms with E-state index < -0.39 is 10.0 Å². The first-order chi connectivity index (χ1) is 8.55. The maximum absolute atomic E-state index is 12.6. The summed E-state index contributed by atoms with van der Waals surface area (Å²) in [7, 11) is -3.10. The zero-order chi connectivity index (χ0) is 13.2. The lowest BCUT2D eigenvalue weighted by Gasteiger charge is -2.26. The smallest absolute Gasteiger partial charge is 0.218 e. The van der Waals surface area contributed by atoms with Crippen molar-refractivity contribution >= 4 is 10.0 Å². The zero-order valence-corrected chi connectivity index (χ0v) is 12.4. The Morgan fingerprint density at radius 1 is 1.28 bits per heavy atom. The van der Waals surface area contributed by atoms with Gasteiger partial charge >= 0.3 is 0 Å². The maximum atomic E-state index is 12.6. The van der Waals surface area contributed by atoms with Crippen molar-refractivity contribution in [2.45, 2.75) is 57.2 Å². The molecule has 0 amide bonds. The Kier molecular flexibility index (Phi) is 4.67. The van der Waals surface area contributed by atoms with Gasteiger partial charge in [0.1, 0.15) is 0 Å². The minimum atomic E-state index is -3.10. The highest BCUT2D eigenvalue weighted by molar-refractivity contribution is 7.89. The third-order valence-corrected chi connectivity index (χ3v) is 6.07. The molecule has 0 aromatic carbocycles. The van der Waals surface area contributed by atoms with E-state index in [-0.39, 0.29) is 5.25 Å². The molecule has 2 saturated carbocycles. The summed E-state index contributed by atoms with van der Waals surface area (Å²) in [5.41, 5.74) is 0. The van der Waals surface area contributed by atoms with Gasteiger partial charge in [-0.3, -0.25) is 0 Å². The largest absolute Gasteiger partial charge is 0.315 e. The molecule has 2 aliphatic carbocycles. The summed E-state index contributed by atoms with van der Waals surface area (Å²) in [6.07, 6.45) is 5.58. The molecule has 1 N–H and O–H groups in total. The normalized spacial score (nSPS) is 22.4. The molecule has 0 saturated heterocycles. The van der Waals surface area contributed by atoms with Crippen LogP contribution in [0.2, 0.25) is 0 Å². The molecule has 0 radical (unpaired) electrons. The second-order valence-corrected chi connectivity index (χ2v) is 8.11. The predicted octanol–water partition coefficient (Wildman–Crippen LogP) is 1.58. The van der Waals surface area contributed by atoms with Crippen LogP contribution >= 0.6 is 0 Å². The van der Waals surface area contributed by atoms with Crippen LogP contribution in [0.1, 0.15) is 46.0 Å². The molecule has 4 nitrogen and oxygen atoms in total. The number of nitrogens with zero attached hydrogens (tertiary/aromatic N) is 1. The summed E-state index contributed by atoms with van der Waals surface area (Å²) >= 11 is 0. The molecule has 2 aliphatic rings. The fraction of sp³-hybridized carbons (Fsp3) is 1.00. The summed E-state index contributed by atoms with van der Waals surface area (Å²) in [5, 5.41) is 2.92. The number of nitrogens with one attached hydrogen (secondary N) is 1. The van der Waals surface area contributed by atoms with E-state index >= 15 is 0 Å². The molecule has 0 heterocycles. The van der Waals surface area contributed by atoms with Gasteiger partial charge in [0.25, 0.3) is 0 Å². The Bertz CT molecular complexity index is 361. The first-order valence-electron chi connectivity index (χ1n) is 7.27. The van der Waals surface area contributed by atoms with Gasteiger partial charge in [-0.2, -0.15) is 4.31 Å². The van der Waals surface area contributed by atoms with Gasteiger partial charge < -0.3 is 5.32 Å². The molecular weight excluding hydrogens is 248 g/mol. The SMILES string of the molecule is CCCNCC(C)S(=O)(=O)N(CC1CC1)C1CC1. The van der Waals surface area contributed by atoms with E-state index in [1.165, 1.54) is 12.8 Å². The number of rotatable bonds is 9. The molecule has 0 aromatic heterocycles. The van der Waals surface area contributed by atoms with Crippen molar-refractivity contribution < 1.29 is 8.42 Å². The van der Waals surface area contributed by atoms with Crippen molar-refractivity contribution in [1.29, 1.82) is 0 Å². The molecule has 0 bridgehead atoms. The van der Waals surface area contributed by atoms with E-state index in [9.17, 15) is 8.42 Å². The van der Waals surface area contributed by atoms with E-state index in [0.717, 1.165) is 32.4 Å². The lowest BCUT2D eigenvalue weighted by Crippen LogP contribution is -2.44. The summed E-state index contributed by atoms with van der Waals surface area (Å²) in [4.78, 5) is 0. The van der Waals surface area contributed by atoms with Gasteiger partial charge in [-0.05, 0) is 51.5 Å². The van der Waals surface area contributed by atoms with Crippen LogP contribution in [0.25, 0.3) is 0 Å². The van der Waals surface area contributed by atoms with Crippen molar-refractivity contribution in [2.75, 3.05) is 19.6 Å². The summed E-state index contributed by atoms with van der Waals surface area (Å²) in [6.45, 7) is 6.16. The van der Waals surface area contributed by atoms with Crippen LogP contribution in [0.3, 0.4) is 0 Å². The minimum absolute atomic E-state index is 0.302. The monoisotopic (exact) mass is 274 g/mol. The molecule has 0 aromatic rings. The zero-order valence-electron chi connectivity index (χ0n) is 11.6. The van der Waals surface area contributed by atoms with Crippen LogP contribution in [0.5, 0.6) is 0 Å². The quantitative estimate of drug-likeness (QED) is 0.649. The molecule has 18 heavy (non-hydrogen) atoms. The van der Waals surface area contributed by atoms with Crippen molar-refractivity contribution in [2.24, 2.45) is 5.92 Å². The van der Waals surface area contributed by atoms with Crippen LogP contribution < -0.4 is 5.32 Å². The highest BCUT2D eigenvalue weighted by Gasteiger charge is 2.42. The van der Waals surface area contributed by atoms with Crippen molar-refractivity contribution in [3.05, 3.63) is 0 Å². The molecular formula is C13H26N2O2S. The van der Waals surface area contributed by atoms with Crippen LogP contribution in [0.15, 0.2) is 0 Å². The lowest BCUT2D eigenvalue weighted by molar-refractivity contribution is 0.382. The molecule has 5 heteroatoms. The van der Waals surface area contributed by atoms with E-state index in [0.29, 0.717) is 18.5 Å². The van der Waals surface area contributed by atoms with Gasteiger partial charge in [-0.25, -0.2) is 8.42 Å². The average Bonchev–Trinajstić information content (AvgIpc) is 3.17. The third-order valence-electron chi connectivity index (χ3n) is 3.78. The molecule has 2 rings (SSSR count). The van der Waals surface area contributed by atoms with Crippen LogP contribution in [-0.2, 0) is 10.0 Å². The molecule has 106 valence electrons. The highest BCUT2D eigenvalue weighted by atomic mass is 32.2. The Labute approximate surface area is 111 Å². The fourth-order valence-electron chi connectivity index (χ4n) is 2.20. The number of hydrogen-bond donors (Lipinski definition) is 1. The molecule has 1 unspecified atom stereocenters. The molecule has 0 aliphatic heterocycles. The second kappa shape index (κ2) is 5.88. The third kappa shape index (κ3) is 3.68. The van der Waals surface area contributed by atoms with E-state index in [1.807, 2.05) is 11.2 Å². The predicted molar refractivity (Wildman–Crippen MR) is 74.0 cm³/mol. The lowest BCUT2D eigenvalue weighted by atomic mass is 10.4. The Balaban J connectivity index is 1.92. The minimum Gasteiger partial charge on any atom is -0.315 e. The topological polar surface area (TPSA) is 49.4 Å². The summed E-state index contributed by atoms with van der Waals surface area (Å²) < 4.78 is 26.9. The first-order valence-corrected chi connectivity index (χ1v) is 8.77. The van der Waals surface area contributed by atoms with E-state index in [4.69, 9.17) is 0 Å². The van der Waals surface area contributed by atoms with Crippen LogP contribution in [-0.4, -0.2) is 43.6 Å². The number of hydrogen-bond acceptors (Lipinski definition) is 3. The van der Waals surface area contributed by atoms with Gasteiger partial charge in [0.05, 0.1) is 5.25 Å². The maximum Gasteiger partial charge on any atom is 0.218 e. The standard InChI is InChI=1S/C13H26N2O2S/c1-3-8-14-9-11(2)18(16,17)15(13-6-7-13)10-12-4-5-12/h11-14H,3-10H2,1-2H3. The Morgan fingerprint density at radius 3 is 2.44 bits per heavy atom. The van der Waals surface area contributed by atoms with Gasteiger partial charge in [0, 0.05) is 19.1 Å². The first kappa shape index (κ1) is 14.3. The second-order valence-electron chi connectivity index (χ2n) is 5.80. The number of sulfonamides is 1. The van der Waals surface area contributed by atoms with Crippen molar-refractivity contribution in [3.8, 4) is 0 Å².